The Morgan fingerprint density at radius 1 is 1.11 bits per heavy atom. The van der Waals surface area contributed by atoms with Crippen molar-refractivity contribution in [3.8, 4) is 22.9 Å². The minimum atomic E-state index is -0.0300. The zero-order valence-electron chi connectivity index (χ0n) is 20.4. The van der Waals surface area contributed by atoms with E-state index in [4.69, 9.17) is 9.47 Å². The number of amides is 1. The van der Waals surface area contributed by atoms with Crippen LogP contribution in [0.4, 0.5) is 0 Å². The average molecular weight is 471 g/mol. The first-order valence-electron chi connectivity index (χ1n) is 12.0. The lowest BCUT2D eigenvalue weighted by Crippen LogP contribution is -2.41. The first-order chi connectivity index (χ1) is 17.1. The smallest absolute Gasteiger partial charge is 0.258 e. The third-order valence-electron chi connectivity index (χ3n) is 6.70. The second kappa shape index (κ2) is 9.78. The number of fused-ring (bicyclic) bond motifs is 1. The number of para-hydroxylation sites is 1. The van der Waals surface area contributed by atoms with Gasteiger partial charge in [-0.05, 0) is 37.0 Å². The monoisotopic (exact) mass is 470 g/mol. The fourth-order valence-corrected chi connectivity index (χ4v) is 4.87. The lowest BCUT2D eigenvalue weighted by Gasteiger charge is -2.33. The molecule has 0 spiro atoms. The number of carbonyl (C=O) groups excluding carboxylic acids is 1. The molecule has 180 valence electrons. The van der Waals surface area contributed by atoms with E-state index in [0.29, 0.717) is 42.3 Å². The van der Waals surface area contributed by atoms with Gasteiger partial charge in [0.05, 0.1) is 31.2 Å². The van der Waals surface area contributed by atoms with Gasteiger partial charge in [0, 0.05) is 26.1 Å². The number of hydrogen-bond acceptors (Lipinski definition) is 5. The zero-order valence-corrected chi connectivity index (χ0v) is 20.4. The molecule has 2 aromatic heterocycles. The maximum atomic E-state index is 14.1. The van der Waals surface area contributed by atoms with E-state index < -0.39 is 0 Å². The van der Waals surface area contributed by atoms with Gasteiger partial charge in [0.25, 0.3) is 5.91 Å². The van der Waals surface area contributed by atoms with Crippen LogP contribution in [0, 0.1) is 12.8 Å². The molecule has 3 heterocycles. The Morgan fingerprint density at radius 2 is 1.89 bits per heavy atom. The Labute approximate surface area is 205 Å². The van der Waals surface area contributed by atoms with E-state index in [1.54, 1.807) is 13.3 Å². The minimum Gasteiger partial charge on any atom is -0.493 e. The summed E-state index contributed by atoms with van der Waals surface area (Å²) in [6.07, 6.45) is 3.56. The van der Waals surface area contributed by atoms with Gasteiger partial charge in [0.2, 0.25) is 5.88 Å². The Balaban J connectivity index is 1.47. The maximum Gasteiger partial charge on any atom is 0.258 e. The van der Waals surface area contributed by atoms with Crippen LogP contribution in [0.15, 0.2) is 60.8 Å². The van der Waals surface area contributed by atoms with Crippen LogP contribution in [-0.2, 0) is 7.05 Å². The number of hydrogen-bond donors (Lipinski definition) is 0. The molecule has 1 amide bonds. The molecule has 5 rings (SSSR count). The Hall–Kier alpha value is -3.87. The van der Waals surface area contributed by atoms with Crippen molar-refractivity contribution in [1.82, 2.24) is 19.4 Å². The van der Waals surface area contributed by atoms with E-state index >= 15 is 0 Å². The number of benzene rings is 2. The molecule has 0 N–H and O–H groups in total. The molecule has 1 unspecified atom stereocenters. The standard InChI is InChI=1S/C28H30N4O3/c1-19-10-7-8-14-22(19)35-18-20-11-9-15-32(17-20)28(33)24-25-27(29-16-23(30-25)34-3)31(2)26(24)21-12-5-4-6-13-21/h4-8,10,12-14,16,20H,9,11,15,17-18H2,1-3H3. The van der Waals surface area contributed by atoms with E-state index in [9.17, 15) is 4.79 Å². The molecule has 2 aromatic carbocycles. The fraction of sp³-hybridized carbons (Fsp3) is 0.321. The zero-order chi connectivity index (χ0) is 24.4. The largest absolute Gasteiger partial charge is 0.493 e. The van der Waals surface area contributed by atoms with Crippen LogP contribution in [0.3, 0.4) is 0 Å². The van der Waals surface area contributed by atoms with E-state index in [2.05, 4.69) is 9.97 Å². The summed E-state index contributed by atoms with van der Waals surface area (Å²) in [5, 5.41) is 0. The number of methoxy groups -OCH3 is 1. The minimum absolute atomic E-state index is 0.0300. The Kier molecular flexibility index (Phi) is 6.40. The van der Waals surface area contributed by atoms with E-state index in [1.807, 2.05) is 78.0 Å². The summed E-state index contributed by atoms with van der Waals surface area (Å²) in [7, 11) is 3.49. The first kappa shape index (κ1) is 22.9. The first-order valence-corrected chi connectivity index (χ1v) is 12.0. The average Bonchev–Trinajstić information content (AvgIpc) is 3.19. The highest BCUT2D eigenvalue weighted by atomic mass is 16.5. The molecule has 4 aromatic rings. The summed E-state index contributed by atoms with van der Waals surface area (Å²) < 4.78 is 13.4. The number of carbonyl (C=O) groups is 1. The molecule has 7 nitrogen and oxygen atoms in total. The number of rotatable bonds is 6. The molecule has 1 fully saturated rings. The van der Waals surface area contributed by atoms with Crippen molar-refractivity contribution in [1.29, 1.82) is 0 Å². The molecule has 1 aliphatic rings. The summed E-state index contributed by atoms with van der Waals surface area (Å²) in [5.41, 5.74) is 4.68. The normalized spacial score (nSPS) is 15.9. The number of ether oxygens (including phenoxy) is 2. The second-order valence-electron chi connectivity index (χ2n) is 9.07. The van der Waals surface area contributed by atoms with Gasteiger partial charge in [-0.2, -0.15) is 0 Å². The van der Waals surface area contributed by atoms with E-state index in [-0.39, 0.29) is 11.8 Å². The molecular formula is C28H30N4O3. The molecule has 0 saturated carbocycles. The fourth-order valence-electron chi connectivity index (χ4n) is 4.87. The van der Waals surface area contributed by atoms with Crippen LogP contribution in [0.1, 0.15) is 28.8 Å². The Bertz CT molecular complexity index is 1350. The van der Waals surface area contributed by atoms with Crippen molar-refractivity contribution in [3.05, 3.63) is 71.9 Å². The summed E-state index contributed by atoms with van der Waals surface area (Å²) >= 11 is 0. The SMILES string of the molecule is COc1cnc2c(n1)c(C(=O)N1CCCC(COc3ccccc3C)C1)c(-c1ccccc1)n2C. The van der Waals surface area contributed by atoms with Gasteiger partial charge in [-0.1, -0.05) is 48.5 Å². The quantitative estimate of drug-likeness (QED) is 0.402. The predicted molar refractivity (Wildman–Crippen MR) is 136 cm³/mol. The highest BCUT2D eigenvalue weighted by Crippen LogP contribution is 2.34. The molecule has 1 aliphatic heterocycles. The third-order valence-corrected chi connectivity index (χ3v) is 6.70. The van der Waals surface area contributed by atoms with Crippen molar-refractivity contribution in [3.63, 3.8) is 0 Å². The molecule has 0 bridgehead atoms. The predicted octanol–water partition coefficient (Wildman–Crippen LogP) is 4.88. The third kappa shape index (κ3) is 4.46. The van der Waals surface area contributed by atoms with Gasteiger partial charge < -0.3 is 18.9 Å². The summed E-state index contributed by atoms with van der Waals surface area (Å²) in [5.74, 6) is 1.53. The van der Waals surface area contributed by atoms with Gasteiger partial charge in [0.1, 0.15) is 11.3 Å². The molecular weight excluding hydrogens is 440 g/mol. The van der Waals surface area contributed by atoms with Crippen molar-refractivity contribution in [2.45, 2.75) is 19.8 Å². The topological polar surface area (TPSA) is 69.5 Å². The van der Waals surface area contributed by atoms with Crippen LogP contribution in [0.25, 0.3) is 22.4 Å². The lowest BCUT2D eigenvalue weighted by molar-refractivity contribution is 0.0635. The van der Waals surface area contributed by atoms with Gasteiger partial charge in [-0.15, -0.1) is 0 Å². The molecule has 35 heavy (non-hydrogen) atoms. The number of likely N-dealkylation sites (tertiary alicyclic amines) is 1. The van der Waals surface area contributed by atoms with E-state index in [0.717, 1.165) is 35.4 Å². The van der Waals surface area contributed by atoms with Crippen LogP contribution in [0.2, 0.25) is 0 Å². The van der Waals surface area contributed by atoms with Crippen LogP contribution in [-0.4, -0.2) is 52.1 Å². The second-order valence-corrected chi connectivity index (χ2v) is 9.07. The number of aryl methyl sites for hydroxylation is 2. The van der Waals surface area contributed by atoms with Gasteiger partial charge in [-0.3, -0.25) is 4.79 Å². The van der Waals surface area contributed by atoms with Crippen molar-refractivity contribution in [2.24, 2.45) is 13.0 Å². The molecule has 0 aliphatic carbocycles. The van der Waals surface area contributed by atoms with Crippen LogP contribution < -0.4 is 9.47 Å². The van der Waals surface area contributed by atoms with Crippen molar-refractivity contribution >= 4 is 17.1 Å². The number of aromatic nitrogens is 3. The number of nitrogens with zero attached hydrogens (tertiary/aromatic N) is 4. The van der Waals surface area contributed by atoms with Crippen LogP contribution >= 0.6 is 0 Å². The summed E-state index contributed by atoms with van der Waals surface area (Å²) in [4.78, 5) is 25.2. The number of piperidine rings is 1. The molecule has 7 heteroatoms. The highest BCUT2D eigenvalue weighted by molar-refractivity contribution is 6.10. The van der Waals surface area contributed by atoms with Gasteiger partial charge in [-0.25, -0.2) is 9.97 Å². The molecule has 0 radical (unpaired) electrons. The van der Waals surface area contributed by atoms with Crippen LogP contribution in [0.5, 0.6) is 11.6 Å². The maximum absolute atomic E-state index is 14.1. The molecule has 1 atom stereocenters. The van der Waals surface area contributed by atoms with Crippen molar-refractivity contribution < 1.29 is 14.3 Å². The lowest BCUT2D eigenvalue weighted by atomic mass is 9.97. The van der Waals surface area contributed by atoms with Gasteiger partial charge >= 0.3 is 0 Å². The van der Waals surface area contributed by atoms with Crippen molar-refractivity contribution in [2.75, 3.05) is 26.8 Å². The summed E-state index contributed by atoms with van der Waals surface area (Å²) in [6.45, 7) is 3.99. The highest BCUT2D eigenvalue weighted by Gasteiger charge is 2.31. The Morgan fingerprint density at radius 3 is 2.66 bits per heavy atom. The van der Waals surface area contributed by atoms with Gasteiger partial charge in [0.15, 0.2) is 5.65 Å². The molecule has 1 saturated heterocycles. The summed E-state index contributed by atoms with van der Waals surface area (Å²) in [6, 6.07) is 18.0. The van der Waals surface area contributed by atoms with E-state index in [1.165, 1.54) is 0 Å².